The molecule has 0 heterocycles. The van der Waals surface area contributed by atoms with Crippen LogP contribution < -0.4 is 9.62 Å². The maximum absolute atomic E-state index is 14.3. The second kappa shape index (κ2) is 14.1. The molecule has 218 valence electrons. The monoisotopic (exact) mass is 711 g/mol. The van der Waals surface area contributed by atoms with Gasteiger partial charge < -0.3 is 10.2 Å². The van der Waals surface area contributed by atoms with Crippen molar-refractivity contribution in [1.82, 2.24) is 10.2 Å². The van der Waals surface area contributed by atoms with E-state index in [1.54, 1.807) is 36.4 Å². The SMILES string of the molecule is CNC(=O)[C@H](Cc1ccccc1)N(Cc1ccc(Br)cc1)C(=O)CN(c1ccc(Br)cc1)S(=O)(=O)c1ccc(C)cc1. The van der Waals surface area contributed by atoms with Crippen LogP contribution in [0.5, 0.6) is 0 Å². The average Bonchev–Trinajstić information content (AvgIpc) is 2.99. The highest BCUT2D eigenvalue weighted by Crippen LogP contribution is 2.27. The van der Waals surface area contributed by atoms with E-state index in [0.29, 0.717) is 5.69 Å². The lowest BCUT2D eigenvalue weighted by atomic mass is 10.0. The van der Waals surface area contributed by atoms with Crippen molar-refractivity contribution in [3.8, 4) is 0 Å². The Hall–Kier alpha value is -3.47. The Balaban J connectivity index is 1.77. The molecule has 1 N–H and O–H groups in total. The predicted molar refractivity (Wildman–Crippen MR) is 173 cm³/mol. The van der Waals surface area contributed by atoms with Gasteiger partial charge >= 0.3 is 0 Å². The minimum atomic E-state index is -4.14. The van der Waals surface area contributed by atoms with Gasteiger partial charge in [0.05, 0.1) is 10.6 Å². The first kappa shape index (κ1) is 31.5. The molecule has 1 atom stereocenters. The summed E-state index contributed by atoms with van der Waals surface area (Å²) in [6, 6.07) is 29.2. The van der Waals surface area contributed by atoms with Gasteiger partial charge in [0.25, 0.3) is 10.0 Å². The number of carbonyl (C=O) groups excluding carboxylic acids is 2. The average molecular weight is 713 g/mol. The molecule has 10 heteroatoms. The molecule has 0 aliphatic carbocycles. The van der Waals surface area contributed by atoms with E-state index >= 15 is 0 Å². The molecule has 0 spiro atoms. The Bertz CT molecular complexity index is 1610. The van der Waals surface area contributed by atoms with Crippen molar-refractivity contribution in [2.24, 2.45) is 0 Å². The van der Waals surface area contributed by atoms with Crippen LogP contribution in [0.3, 0.4) is 0 Å². The van der Waals surface area contributed by atoms with Gasteiger partial charge in [0.2, 0.25) is 11.8 Å². The third kappa shape index (κ3) is 7.87. The second-order valence-corrected chi connectivity index (χ2v) is 13.5. The second-order valence-electron chi connectivity index (χ2n) is 9.77. The summed E-state index contributed by atoms with van der Waals surface area (Å²) >= 11 is 6.84. The molecule has 4 aromatic rings. The molecule has 4 rings (SSSR count). The van der Waals surface area contributed by atoms with Crippen LogP contribution in [0.4, 0.5) is 5.69 Å². The largest absolute Gasteiger partial charge is 0.357 e. The number of nitrogens with zero attached hydrogens (tertiary/aromatic N) is 2. The first-order chi connectivity index (χ1) is 20.1. The Morgan fingerprint density at radius 2 is 1.36 bits per heavy atom. The summed E-state index contributed by atoms with van der Waals surface area (Å²) < 4.78 is 30.7. The van der Waals surface area contributed by atoms with Gasteiger partial charge in [0.1, 0.15) is 12.6 Å². The maximum atomic E-state index is 14.3. The highest BCUT2D eigenvalue weighted by Gasteiger charge is 2.34. The molecule has 0 radical (unpaired) electrons. The van der Waals surface area contributed by atoms with Crippen LogP contribution in [0, 0.1) is 6.92 Å². The smallest absolute Gasteiger partial charge is 0.264 e. The predicted octanol–water partition coefficient (Wildman–Crippen LogP) is 6.10. The number of carbonyl (C=O) groups is 2. The number of hydrogen-bond donors (Lipinski definition) is 1. The fourth-order valence-electron chi connectivity index (χ4n) is 4.48. The number of likely N-dealkylation sites (N-methyl/N-ethyl adjacent to an activating group) is 1. The topological polar surface area (TPSA) is 86.8 Å². The minimum absolute atomic E-state index is 0.0652. The first-order valence-electron chi connectivity index (χ1n) is 13.2. The van der Waals surface area contributed by atoms with E-state index in [4.69, 9.17) is 0 Å². The number of sulfonamides is 1. The number of benzene rings is 4. The lowest BCUT2D eigenvalue weighted by Gasteiger charge is -2.33. The summed E-state index contributed by atoms with van der Waals surface area (Å²) in [7, 11) is -2.61. The molecular formula is C32H31Br2N3O4S. The van der Waals surface area contributed by atoms with Crippen molar-refractivity contribution in [1.29, 1.82) is 0 Å². The van der Waals surface area contributed by atoms with Crippen molar-refractivity contribution in [2.45, 2.75) is 30.8 Å². The van der Waals surface area contributed by atoms with Crippen LogP contribution in [0.15, 0.2) is 117 Å². The molecule has 4 aromatic carbocycles. The third-order valence-corrected chi connectivity index (χ3v) is 9.63. The highest BCUT2D eigenvalue weighted by molar-refractivity contribution is 9.10. The van der Waals surface area contributed by atoms with Gasteiger partial charge in [-0.15, -0.1) is 0 Å². The number of rotatable bonds is 11. The van der Waals surface area contributed by atoms with Crippen LogP contribution in [-0.2, 0) is 32.6 Å². The molecule has 42 heavy (non-hydrogen) atoms. The van der Waals surface area contributed by atoms with E-state index in [-0.39, 0.29) is 23.8 Å². The fraction of sp³-hybridized carbons (Fsp3) is 0.188. The summed E-state index contributed by atoms with van der Waals surface area (Å²) in [6.07, 6.45) is 0.256. The van der Waals surface area contributed by atoms with Crippen molar-refractivity contribution in [3.63, 3.8) is 0 Å². The molecule has 0 fully saturated rings. The van der Waals surface area contributed by atoms with E-state index in [0.717, 1.165) is 29.9 Å². The van der Waals surface area contributed by atoms with Crippen LogP contribution in [0.25, 0.3) is 0 Å². The minimum Gasteiger partial charge on any atom is -0.357 e. The first-order valence-corrected chi connectivity index (χ1v) is 16.3. The van der Waals surface area contributed by atoms with E-state index in [1.165, 1.54) is 24.1 Å². The van der Waals surface area contributed by atoms with Crippen LogP contribution in [0.1, 0.15) is 16.7 Å². The molecule has 2 amide bonds. The van der Waals surface area contributed by atoms with Gasteiger partial charge in [-0.05, 0) is 66.6 Å². The molecule has 0 unspecified atom stereocenters. The van der Waals surface area contributed by atoms with E-state index in [2.05, 4.69) is 37.2 Å². The van der Waals surface area contributed by atoms with Gasteiger partial charge in [-0.3, -0.25) is 13.9 Å². The summed E-state index contributed by atoms with van der Waals surface area (Å²) in [4.78, 5) is 29.1. The van der Waals surface area contributed by atoms with Crippen LogP contribution >= 0.6 is 31.9 Å². The quantitative estimate of drug-likeness (QED) is 0.204. The molecule has 0 bridgehead atoms. The third-order valence-electron chi connectivity index (χ3n) is 6.79. The Kier molecular flexibility index (Phi) is 10.6. The maximum Gasteiger partial charge on any atom is 0.264 e. The summed E-state index contributed by atoms with van der Waals surface area (Å²) in [5.74, 6) is -0.859. The lowest BCUT2D eigenvalue weighted by molar-refractivity contribution is -0.139. The van der Waals surface area contributed by atoms with Crippen molar-refractivity contribution in [3.05, 3.63) is 129 Å². The molecule has 0 aliphatic heterocycles. The van der Waals surface area contributed by atoms with Crippen molar-refractivity contribution >= 4 is 59.4 Å². The summed E-state index contributed by atoms with van der Waals surface area (Å²) in [5, 5.41) is 2.69. The van der Waals surface area contributed by atoms with Gasteiger partial charge in [-0.1, -0.05) is 92.0 Å². The van der Waals surface area contributed by atoms with Gasteiger partial charge in [0.15, 0.2) is 0 Å². The highest BCUT2D eigenvalue weighted by atomic mass is 79.9. The zero-order valence-corrected chi connectivity index (χ0v) is 27.2. The van der Waals surface area contributed by atoms with Crippen molar-refractivity contribution < 1.29 is 18.0 Å². The molecular weight excluding hydrogens is 682 g/mol. The molecule has 0 aliphatic rings. The molecule has 0 aromatic heterocycles. The Labute approximate surface area is 263 Å². The van der Waals surface area contributed by atoms with Gasteiger partial charge in [-0.2, -0.15) is 0 Å². The Morgan fingerprint density at radius 3 is 1.93 bits per heavy atom. The number of amides is 2. The van der Waals surface area contributed by atoms with Crippen LogP contribution in [0.2, 0.25) is 0 Å². The number of nitrogens with one attached hydrogen (secondary N) is 1. The molecule has 0 saturated carbocycles. The standard InChI is InChI=1S/C32H31Br2N3O4S/c1-23-8-18-29(19-9-23)42(40,41)37(28-16-14-27(34)15-17-28)22-31(38)36(21-25-10-12-26(33)13-11-25)30(32(39)35-2)20-24-6-4-3-5-7-24/h3-19,30H,20-22H2,1-2H3,(H,35,39)/t30-/m0/s1. The van der Waals surface area contributed by atoms with E-state index < -0.39 is 28.5 Å². The zero-order chi connectivity index (χ0) is 30.3. The van der Waals surface area contributed by atoms with Crippen LogP contribution in [-0.4, -0.2) is 44.8 Å². The summed E-state index contributed by atoms with van der Waals surface area (Å²) in [5.41, 5.74) is 2.91. The molecule has 7 nitrogen and oxygen atoms in total. The summed E-state index contributed by atoms with van der Waals surface area (Å²) in [6.45, 7) is 1.48. The lowest BCUT2D eigenvalue weighted by Crippen LogP contribution is -2.53. The Morgan fingerprint density at radius 1 is 0.786 bits per heavy atom. The number of hydrogen-bond acceptors (Lipinski definition) is 4. The van der Waals surface area contributed by atoms with Gasteiger partial charge in [-0.25, -0.2) is 8.42 Å². The van der Waals surface area contributed by atoms with E-state index in [9.17, 15) is 18.0 Å². The molecule has 0 saturated heterocycles. The van der Waals surface area contributed by atoms with Crippen molar-refractivity contribution in [2.75, 3.05) is 17.9 Å². The normalized spacial score (nSPS) is 11.9. The van der Waals surface area contributed by atoms with E-state index in [1.807, 2.05) is 61.5 Å². The number of halogens is 2. The zero-order valence-electron chi connectivity index (χ0n) is 23.2. The fourth-order valence-corrected chi connectivity index (χ4v) is 6.42. The number of aryl methyl sites for hydroxylation is 1. The number of anilines is 1. The van der Waals surface area contributed by atoms with Gasteiger partial charge in [0, 0.05) is 29.0 Å².